The van der Waals surface area contributed by atoms with Gasteiger partial charge in [0.15, 0.2) is 11.5 Å². The first-order chi connectivity index (χ1) is 20.6. The fourth-order valence-electron chi connectivity index (χ4n) is 5.75. The predicted molar refractivity (Wildman–Crippen MR) is 164 cm³/mol. The Labute approximate surface area is 245 Å². The Morgan fingerprint density at radius 2 is 1.55 bits per heavy atom. The standard InChI is InChI=1S/C35H34N2O5/c1-40-33-16-24-13-12-23-15-32(42-21-22-8-4-3-5-9-22)30(17-28(23)29(24)18-34(33)41-2)35(39)37-26(20-38)14-25-19-36-31-11-7-6-10-27(25)31/h3-11,15-19,26,36,38H,12-14,20-21H2,1-2H3,(H,37,39)/t26-/m1/s1. The van der Waals surface area contributed by atoms with Crippen LogP contribution in [0.25, 0.3) is 22.0 Å². The second-order valence-corrected chi connectivity index (χ2v) is 10.6. The molecule has 0 unspecified atom stereocenters. The van der Waals surface area contributed by atoms with Crippen molar-refractivity contribution in [3.63, 3.8) is 0 Å². The molecule has 1 heterocycles. The van der Waals surface area contributed by atoms with E-state index in [0.29, 0.717) is 35.8 Å². The maximum absolute atomic E-state index is 13.9. The van der Waals surface area contributed by atoms with Gasteiger partial charge in [-0.15, -0.1) is 0 Å². The quantitative estimate of drug-likeness (QED) is 0.198. The summed E-state index contributed by atoms with van der Waals surface area (Å²) in [5, 5.41) is 14.4. The minimum atomic E-state index is -0.480. The number of carbonyl (C=O) groups is 1. The van der Waals surface area contributed by atoms with Gasteiger partial charge in [-0.05, 0) is 83.0 Å². The number of aromatic nitrogens is 1. The van der Waals surface area contributed by atoms with E-state index in [1.165, 1.54) is 0 Å². The number of aryl methyl sites for hydroxylation is 2. The van der Waals surface area contributed by atoms with E-state index in [2.05, 4.69) is 10.3 Å². The lowest BCUT2D eigenvalue weighted by Gasteiger charge is -2.25. The molecule has 0 bridgehead atoms. The van der Waals surface area contributed by atoms with Crippen LogP contribution in [0, 0.1) is 0 Å². The summed E-state index contributed by atoms with van der Waals surface area (Å²) in [6, 6.07) is 25.3. The van der Waals surface area contributed by atoms with Crippen molar-refractivity contribution in [2.24, 2.45) is 0 Å². The van der Waals surface area contributed by atoms with Gasteiger partial charge in [-0.2, -0.15) is 0 Å². The highest BCUT2D eigenvalue weighted by molar-refractivity contribution is 5.99. The molecule has 1 aliphatic rings. The summed E-state index contributed by atoms with van der Waals surface area (Å²) in [5.74, 6) is 1.54. The molecule has 1 aliphatic carbocycles. The van der Waals surface area contributed by atoms with E-state index in [4.69, 9.17) is 14.2 Å². The van der Waals surface area contributed by atoms with Crippen LogP contribution in [0.4, 0.5) is 0 Å². The highest BCUT2D eigenvalue weighted by Crippen LogP contribution is 2.42. The molecule has 0 saturated carbocycles. The fourth-order valence-corrected chi connectivity index (χ4v) is 5.75. The molecule has 0 spiro atoms. The molecule has 7 heteroatoms. The number of benzene rings is 4. The number of fused-ring (bicyclic) bond motifs is 4. The van der Waals surface area contributed by atoms with Gasteiger partial charge in [0.1, 0.15) is 12.4 Å². The molecule has 4 aromatic carbocycles. The van der Waals surface area contributed by atoms with Crippen LogP contribution in [0.5, 0.6) is 17.2 Å². The molecule has 42 heavy (non-hydrogen) atoms. The summed E-state index contributed by atoms with van der Waals surface area (Å²) < 4.78 is 17.4. The normalized spacial score (nSPS) is 12.7. The first kappa shape index (κ1) is 27.4. The van der Waals surface area contributed by atoms with Gasteiger partial charge >= 0.3 is 0 Å². The minimum absolute atomic E-state index is 0.198. The summed E-state index contributed by atoms with van der Waals surface area (Å²) in [7, 11) is 3.25. The number of H-pyrrole nitrogens is 1. The summed E-state index contributed by atoms with van der Waals surface area (Å²) >= 11 is 0. The summed E-state index contributed by atoms with van der Waals surface area (Å²) in [5.41, 5.74) is 7.70. The van der Waals surface area contributed by atoms with E-state index in [1.807, 2.05) is 85.1 Å². The highest BCUT2D eigenvalue weighted by Gasteiger charge is 2.25. The number of amides is 1. The minimum Gasteiger partial charge on any atom is -0.493 e. The molecule has 0 aliphatic heterocycles. The Balaban J connectivity index is 1.35. The summed E-state index contributed by atoms with van der Waals surface area (Å²) in [4.78, 5) is 17.2. The van der Waals surface area contributed by atoms with Crippen LogP contribution in [0.1, 0.15) is 32.6 Å². The van der Waals surface area contributed by atoms with Crippen molar-refractivity contribution in [1.29, 1.82) is 0 Å². The highest BCUT2D eigenvalue weighted by atomic mass is 16.5. The largest absolute Gasteiger partial charge is 0.493 e. The molecule has 1 atom stereocenters. The summed E-state index contributed by atoms with van der Waals surface area (Å²) in [6.45, 7) is 0.135. The van der Waals surface area contributed by atoms with E-state index in [0.717, 1.165) is 57.1 Å². The van der Waals surface area contributed by atoms with Crippen LogP contribution in [-0.4, -0.2) is 42.9 Å². The van der Waals surface area contributed by atoms with Crippen LogP contribution < -0.4 is 19.5 Å². The number of carbonyl (C=O) groups excluding carboxylic acids is 1. The van der Waals surface area contributed by atoms with Crippen molar-refractivity contribution < 1.29 is 24.1 Å². The third-order valence-corrected chi connectivity index (χ3v) is 7.95. The first-order valence-electron chi connectivity index (χ1n) is 14.1. The van der Waals surface area contributed by atoms with Gasteiger partial charge in [-0.25, -0.2) is 0 Å². The van der Waals surface area contributed by atoms with E-state index < -0.39 is 6.04 Å². The van der Waals surface area contributed by atoms with Gasteiger partial charge in [-0.3, -0.25) is 4.79 Å². The van der Waals surface area contributed by atoms with Crippen LogP contribution >= 0.6 is 0 Å². The van der Waals surface area contributed by atoms with Crippen LogP contribution in [-0.2, 0) is 25.9 Å². The molecule has 0 radical (unpaired) electrons. The molecule has 1 amide bonds. The van der Waals surface area contributed by atoms with E-state index >= 15 is 0 Å². The number of para-hydroxylation sites is 1. The number of methoxy groups -OCH3 is 2. The zero-order valence-corrected chi connectivity index (χ0v) is 23.8. The Morgan fingerprint density at radius 3 is 2.29 bits per heavy atom. The average molecular weight is 563 g/mol. The third kappa shape index (κ3) is 5.43. The van der Waals surface area contributed by atoms with Gasteiger partial charge in [0, 0.05) is 17.1 Å². The number of rotatable bonds is 10. The number of aliphatic hydroxyl groups is 1. The third-order valence-electron chi connectivity index (χ3n) is 7.95. The summed E-state index contributed by atoms with van der Waals surface area (Å²) in [6.07, 6.45) is 4.06. The average Bonchev–Trinajstić information content (AvgIpc) is 3.45. The second kappa shape index (κ2) is 12.0. The lowest BCUT2D eigenvalue weighted by molar-refractivity contribution is 0.0912. The monoisotopic (exact) mass is 562 g/mol. The molecule has 6 rings (SSSR count). The van der Waals surface area contributed by atoms with E-state index in [-0.39, 0.29) is 12.5 Å². The number of nitrogens with one attached hydrogen (secondary N) is 2. The molecule has 214 valence electrons. The zero-order chi connectivity index (χ0) is 29.1. The topological polar surface area (TPSA) is 92.8 Å². The van der Waals surface area contributed by atoms with Crippen molar-refractivity contribution in [2.75, 3.05) is 20.8 Å². The Kier molecular flexibility index (Phi) is 7.84. The van der Waals surface area contributed by atoms with Gasteiger partial charge in [0.05, 0.1) is 32.4 Å². The fraction of sp³-hybridized carbons (Fsp3) is 0.229. The van der Waals surface area contributed by atoms with Crippen molar-refractivity contribution in [2.45, 2.75) is 31.9 Å². The van der Waals surface area contributed by atoms with Crippen molar-refractivity contribution in [3.8, 4) is 28.4 Å². The van der Waals surface area contributed by atoms with Crippen molar-refractivity contribution >= 4 is 16.8 Å². The van der Waals surface area contributed by atoms with Gasteiger partial charge in [0.25, 0.3) is 5.91 Å². The lowest BCUT2D eigenvalue weighted by Crippen LogP contribution is -2.39. The van der Waals surface area contributed by atoms with E-state index in [1.54, 1.807) is 14.2 Å². The van der Waals surface area contributed by atoms with Crippen LogP contribution in [0.15, 0.2) is 85.1 Å². The number of aliphatic hydroxyl groups excluding tert-OH is 1. The van der Waals surface area contributed by atoms with Gasteiger partial charge in [0.2, 0.25) is 0 Å². The molecule has 0 saturated heterocycles. The maximum Gasteiger partial charge on any atom is 0.255 e. The molecular weight excluding hydrogens is 528 g/mol. The molecule has 3 N–H and O–H groups in total. The molecule has 0 fully saturated rings. The number of aromatic amines is 1. The number of hydrogen-bond acceptors (Lipinski definition) is 5. The SMILES string of the molecule is COc1cc2c(cc1OC)-c1cc(C(=O)N[C@@H](CO)Cc3c[nH]c4ccccc34)c(OCc3ccccc3)cc1CC2. The zero-order valence-electron chi connectivity index (χ0n) is 23.8. The Hall–Kier alpha value is -4.75. The van der Waals surface area contributed by atoms with Crippen molar-refractivity contribution in [1.82, 2.24) is 10.3 Å². The van der Waals surface area contributed by atoms with Crippen molar-refractivity contribution in [3.05, 3.63) is 113 Å². The van der Waals surface area contributed by atoms with Gasteiger partial charge in [-0.1, -0.05) is 48.5 Å². The van der Waals surface area contributed by atoms with E-state index in [9.17, 15) is 9.90 Å². The van der Waals surface area contributed by atoms with Crippen LogP contribution in [0.3, 0.4) is 0 Å². The van der Waals surface area contributed by atoms with Gasteiger partial charge < -0.3 is 29.6 Å². The molecule has 7 nitrogen and oxygen atoms in total. The maximum atomic E-state index is 13.9. The molecule has 5 aromatic rings. The smallest absolute Gasteiger partial charge is 0.255 e. The molecule has 1 aromatic heterocycles. The second-order valence-electron chi connectivity index (χ2n) is 10.6. The number of hydrogen-bond donors (Lipinski definition) is 3. The van der Waals surface area contributed by atoms with Crippen LogP contribution in [0.2, 0.25) is 0 Å². The number of ether oxygens (including phenoxy) is 3. The molecular formula is C35H34N2O5. The predicted octanol–water partition coefficient (Wildman–Crippen LogP) is 5.86. The Morgan fingerprint density at radius 1 is 0.881 bits per heavy atom. The Bertz CT molecular complexity index is 1730. The first-order valence-corrected chi connectivity index (χ1v) is 14.1. The lowest BCUT2D eigenvalue weighted by atomic mass is 9.84.